The summed E-state index contributed by atoms with van der Waals surface area (Å²) in [5.74, 6) is 0.510. The molecule has 0 radical (unpaired) electrons. The predicted octanol–water partition coefficient (Wildman–Crippen LogP) is 1.76. The summed E-state index contributed by atoms with van der Waals surface area (Å²) in [5, 5.41) is 0. The summed E-state index contributed by atoms with van der Waals surface area (Å²) in [6.45, 7) is 10.3. The van der Waals surface area contributed by atoms with Crippen molar-refractivity contribution in [2.45, 2.75) is 33.3 Å². The number of hydrogen-bond donors (Lipinski definition) is 0. The Morgan fingerprint density at radius 3 is 2.40 bits per heavy atom. The number of amides is 1. The zero-order valence-corrected chi connectivity index (χ0v) is 10.4. The molecule has 15 heavy (non-hydrogen) atoms. The number of ether oxygens (including phenoxy) is 1. The van der Waals surface area contributed by atoms with E-state index in [0.29, 0.717) is 12.6 Å². The number of rotatable bonds is 0. The van der Waals surface area contributed by atoms with Gasteiger partial charge in [-0.25, -0.2) is 4.79 Å². The minimum absolute atomic E-state index is 0.207. The minimum Gasteiger partial charge on any atom is -0.444 e. The third-order valence-corrected chi connectivity index (χ3v) is 2.22. The molecule has 4 nitrogen and oxygen atoms in total. The van der Waals surface area contributed by atoms with E-state index in [1.807, 2.05) is 27.8 Å². The Kier molecular flexibility index (Phi) is 3.60. The van der Waals surface area contributed by atoms with E-state index in [1.54, 1.807) is 4.90 Å². The molecule has 1 amide bonds. The fourth-order valence-electron chi connectivity index (χ4n) is 1.83. The molecule has 0 aromatic carbocycles. The molecule has 1 aliphatic heterocycles. The maximum absolute atomic E-state index is 11.8. The summed E-state index contributed by atoms with van der Waals surface area (Å²) in [5.41, 5.74) is -0.406. The lowest BCUT2D eigenvalue weighted by atomic mass is 10.1. The molecule has 1 atom stereocenters. The van der Waals surface area contributed by atoms with Gasteiger partial charge in [0.2, 0.25) is 0 Å². The van der Waals surface area contributed by atoms with Gasteiger partial charge in [-0.3, -0.25) is 9.80 Å². The van der Waals surface area contributed by atoms with E-state index in [1.165, 1.54) is 0 Å². The van der Waals surface area contributed by atoms with Crippen LogP contribution < -0.4 is 0 Å². The fourth-order valence-corrected chi connectivity index (χ4v) is 1.83. The van der Waals surface area contributed by atoms with Crippen molar-refractivity contribution in [1.82, 2.24) is 9.80 Å². The highest BCUT2D eigenvalue weighted by atomic mass is 16.6. The quantitative estimate of drug-likeness (QED) is 0.616. The molecular formula is C11H22N2O2. The molecule has 88 valence electrons. The monoisotopic (exact) mass is 214 g/mol. The van der Waals surface area contributed by atoms with E-state index in [2.05, 4.69) is 11.8 Å². The standard InChI is InChI=1S/C11H22N2O2/c1-9-6-12(5)8-13(7-9)10(14)15-11(2,3)4/h9H,6-8H2,1-5H3. The van der Waals surface area contributed by atoms with Crippen molar-refractivity contribution >= 4 is 6.09 Å². The summed E-state index contributed by atoms with van der Waals surface area (Å²) >= 11 is 0. The molecule has 1 saturated heterocycles. The van der Waals surface area contributed by atoms with Crippen LogP contribution in [0.1, 0.15) is 27.7 Å². The average Bonchev–Trinajstić information content (AvgIpc) is 1.98. The Bertz CT molecular complexity index is 225. The SMILES string of the molecule is CC1CN(C)CN(C(=O)OC(C)(C)C)C1. The molecule has 1 rings (SSSR count). The Labute approximate surface area is 92.2 Å². The van der Waals surface area contributed by atoms with E-state index in [0.717, 1.165) is 13.1 Å². The molecule has 0 N–H and O–H groups in total. The topological polar surface area (TPSA) is 32.8 Å². The van der Waals surface area contributed by atoms with E-state index in [4.69, 9.17) is 4.74 Å². The Morgan fingerprint density at radius 2 is 1.93 bits per heavy atom. The van der Waals surface area contributed by atoms with Gasteiger partial charge >= 0.3 is 6.09 Å². The van der Waals surface area contributed by atoms with Crippen LogP contribution in [-0.4, -0.2) is 48.3 Å². The number of carbonyl (C=O) groups excluding carboxylic acids is 1. The molecule has 4 heteroatoms. The van der Waals surface area contributed by atoms with Gasteiger partial charge in [0, 0.05) is 13.1 Å². The molecule has 1 aliphatic rings. The highest BCUT2D eigenvalue weighted by Crippen LogP contribution is 2.15. The molecule has 1 fully saturated rings. The Balaban J connectivity index is 2.52. The summed E-state index contributed by atoms with van der Waals surface area (Å²) in [7, 11) is 2.02. The van der Waals surface area contributed by atoms with Crippen molar-refractivity contribution in [1.29, 1.82) is 0 Å². The van der Waals surface area contributed by atoms with Crippen LogP contribution in [-0.2, 0) is 4.74 Å². The number of carbonyl (C=O) groups is 1. The minimum atomic E-state index is -0.406. The van der Waals surface area contributed by atoms with Crippen molar-refractivity contribution in [2.75, 3.05) is 26.8 Å². The fraction of sp³-hybridized carbons (Fsp3) is 0.909. The lowest BCUT2D eigenvalue weighted by molar-refractivity contribution is -0.00182. The maximum Gasteiger partial charge on any atom is 0.411 e. The lowest BCUT2D eigenvalue weighted by Crippen LogP contribution is -2.50. The second kappa shape index (κ2) is 4.39. The van der Waals surface area contributed by atoms with Gasteiger partial charge in [0.1, 0.15) is 5.60 Å². The van der Waals surface area contributed by atoms with Gasteiger partial charge in [0.15, 0.2) is 0 Å². The molecule has 0 aromatic heterocycles. The average molecular weight is 214 g/mol. The molecule has 0 spiro atoms. The first kappa shape index (κ1) is 12.3. The van der Waals surface area contributed by atoms with Crippen molar-refractivity contribution in [2.24, 2.45) is 5.92 Å². The van der Waals surface area contributed by atoms with Crippen LogP contribution in [0.2, 0.25) is 0 Å². The van der Waals surface area contributed by atoms with Crippen LogP contribution in [0.25, 0.3) is 0 Å². The molecule has 0 aromatic rings. The van der Waals surface area contributed by atoms with Crippen molar-refractivity contribution in [3.63, 3.8) is 0 Å². The van der Waals surface area contributed by atoms with E-state index in [9.17, 15) is 4.79 Å². The highest BCUT2D eigenvalue weighted by molar-refractivity contribution is 5.68. The van der Waals surface area contributed by atoms with Gasteiger partial charge in [0.05, 0.1) is 6.67 Å². The van der Waals surface area contributed by atoms with Crippen LogP contribution in [0.3, 0.4) is 0 Å². The maximum atomic E-state index is 11.8. The first-order chi connectivity index (χ1) is 6.78. The molecule has 0 aliphatic carbocycles. The van der Waals surface area contributed by atoms with Gasteiger partial charge < -0.3 is 4.74 Å². The third-order valence-electron chi connectivity index (χ3n) is 2.22. The first-order valence-electron chi connectivity index (χ1n) is 5.44. The third kappa shape index (κ3) is 4.08. The van der Waals surface area contributed by atoms with E-state index >= 15 is 0 Å². The summed E-state index contributed by atoms with van der Waals surface area (Å²) < 4.78 is 5.33. The zero-order chi connectivity index (χ0) is 11.6. The molecule has 0 bridgehead atoms. The number of nitrogens with zero attached hydrogens (tertiary/aromatic N) is 2. The summed E-state index contributed by atoms with van der Waals surface area (Å²) in [6.07, 6.45) is -0.207. The summed E-state index contributed by atoms with van der Waals surface area (Å²) in [4.78, 5) is 15.7. The Morgan fingerprint density at radius 1 is 1.33 bits per heavy atom. The van der Waals surface area contributed by atoms with Gasteiger partial charge in [-0.15, -0.1) is 0 Å². The molecule has 1 unspecified atom stereocenters. The second-order valence-corrected chi connectivity index (χ2v) is 5.49. The van der Waals surface area contributed by atoms with Crippen molar-refractivity contribution in [3.8, 4) is 0 Å². The number of hydrogen-bond acceptors (Lipinski definition) is 3. The van der Waals surface area contributed by atoms with Crippen LogP contribution in [0, 0.1) is 5.92 Å². The highest BCUT2D eigenvalue weighted by Gasteiger charge is 2.27. The van der Waals surface area contributed by atoms with Crippen molar-refractivity contribution < 1.29 is 9.53 Å². The second-order valence-electron chi connectivity index (χ2n) is 5.49. The lowest BCUT2D eigenvalue weighted by Gasteiger charge is -2.37. The smallest absolute Gasteiger partial charge is 0.411 e. The van der Waals surface area contributed by atoms with Crippen LogP contribution >= 0.6 is 0 Å². The predicted molar refractivity (Wildman–Crippen MR) is 59.6 cm³/mol. The van der Waals surface area contributed by atoms with E-state index in [-0.39, 0.29) is 6.09 Å². The zero-order valence-electron chi connectivity index (χ0n) is 10.4. The van der Waals surface area contributed by atoms with Gasteiger partial charge in [-0.1, -0.05) is 6.92 Å². The van der Waals surface area contributed by atoms with Gasteiger partial charge in [-0.05, 0) is 33.7 Å². The largest absolute Gasteiger partial charge is 0.444 e. The van der Waals surface area contributed by atoms with Crippen LogP contribution in [0.5, 0.6) is 0 Å². The van der Waals surface area contributed by atoms with Crippen LogP contribution in [0.4, 0.5) is 4.79 Å². The van der Waals surface area contributed by atoms with Gasteiger partial charge in [-0.2, -0.15) is 0 Å². The molecule has 0 saturated carbocycles. The first-order valence-corrected chi connectivity index (χ1v) is 5.44. The Hall–Kier alpha value is -0.770. The summed E-state index contributed by atoms with van der Waals surface area (Å²) in [6, 6.07) is 0. The molecular weight excluding hydrogens is 192 g/mol. The van der Waals surface area contributed by atoms with Crippen molar-refractivity contribution in [3.05, 3.63) is 0 Å². The van der Waals surface area contributed by atoms with Gasteiger partial charge in [0.25, 0.3) is 0 Å². The van der Waals surface area contributed by atoms with E-state index < -0.39 is 5.60 Å². The molecule has 1 heterocycles. The normalized spacial score (nSPS) is 24.1. The van der Waals surface area contributed by atoms with Crippen LogP contribution in [0.15, 0.2) is 0 Å².